The van der Waals surface area contributed by atoms with Gasteiger partial charge in [-0.15, -0.1) is 0 Å². The molecule has 0 radical (unpaired) electrons. The van der Waals surface area contributed by atoms with Gasteiger partial charge in [-0.1, -0.05) is 0 Å². The number of aliphatic hydroxyl groups is 2. The summed E-state index contributed by atoms with van der Waals surface area (Å²) in [5.74, 6) is -9.08. The second-order valence-corrected chi connectivity index (χ2v) is 2.59. The minimum absolute atomic E-state index is 0.296. The van der Waals surface area contributed by atoms with E-state index in [0.717, 1.165) is 0 Å². The zero-order chi connectivity index (χ0) is 14.9. The number of aliphatic carboxylic acids is 4. The highest BCUT2D eigenvalue weighted by atomic mass is 16.4. The fourth-order valence-electron chi connectivity index (χ4n) is 0.416. The maximum absolute atomic E-state index is 9.71. The second-order valence-electron chi connectivity index (χ2n) is 2.59. The number of aliphatic hydroxyl groups excluding tert-OH is 2. The second kappa shape index (κ2) is 8.38. The zero-order valence-corrected chi connectivity index (χ0v) is 8.73. The van der Waals surface area contributed by atoms with Crippen molar-refractivity contribution in [2.24, 2.45) is 0 Å². The molecule has 6 N–H and O–H groups in total. The third-order valence-corrected chi connectivity index (χ3v) is 1.18. The van der Waals surface area contributed by atoms with Gasteiger partial charge in [0.15, 0.2) is 0 Å². The van der Waals surface area contributed by atoms with Crippen molar-refractivity contribution in [2.75, 3.05) is 0 Å². The molecule has 0 bridgehead atoms. The molecule has 0 amide bonds. The summed E-state index contributed by atoms with van der Waals surface area (Å²) in [6, 6.07) is 0. The van der Waals surface area contributed by atoms with Gasteiger partial charge in [0.2, 0.25) is 0 Å². The molecule has 0 aliphatic rings. The Kier molecular flexibility index (Phi) is 8.20. The van der Waals surface area contributed by atoms with E-state index in [0.29, 0.717) is 0 Å². The Hall–Kier alpha value is -2.78. The van der Waals surface area contributed by atoms with Gasteiger partial charge in [-0.2, -0.15) is 0 Å². The zero-order valence-electron chi connectivity index (χ0n) is 8.73. The summed E-state index contributed by atoms with van der Waals surface area (Å²) in [4.78, 5) is 38.7. The molecule has 0 spiro atoms. The fourth-order valence-corrected chi connectivity index (χ4v) is 0.416. The lowest BCUT2D eigenvalue weighted by atomic mass is 10.3. The first-order valence-corrected chi connectivity index (χ1v) is 4.12. The van der Waals surface area contributed by atoms with Crippen molar-refractivity contribution in [1.29, 1.82) is 0 Å². The van der Waals surface area contributed by atoms with Crippen molar-refractivity contribution in [3.8, 4) is 0 Å². The fraction of sp³-hybridized carbons (Fsp3) is 0.250. The van der Waals surface area contributed by atoms with Crippen molar-refractivity contribution in [3.63, 3.8) is 0 Å². The number of hydrogen-bond acceptors (Lipinski definition) is 6. The summed E-state index contributed by atoms with van der Waals surface area (Å²) < 4.78 is 0. The molecule has 102 valence electrons. The van der Waals surface area contributed by atoms with E-state index in [9.17, 15) is 19.2 Å². The molecule has 0 aromatic rings. The SMILES string of the molecule is O=C(O)/C(O)=C(/O)C(=O)O.O=C(O)CCC(=O)O. The van der Waals surface area contributed by atoms with Crippen molar-refractivity contribution in [2.45, 2.75) is 12.8 Å². The molecule has 0 fully saturated rings. The monoisotopic (exact) mass is 266 g/mol. The quantitative estimate of drug-likeness (QED) is 0.277. The van der Waals surface area contributed by atoms with E-state index in [2.05, 4.69) is 0 Å². The number of carboxylic acids is 4. The predicted octanol–water partition coefficient (Wildman–Crippen LogP) is -0.581. The van der Waals surface area contributed by atoms with Gasteiger partial charge in [0.05, 0.1) is 12.8 Å². The molecule has 0 aromatic heterocycles. The van der Waals surface area contributed by atoms with E-state index in [4.69, 9.17) is 30.6 Å². The summed E-state index contributed by atoms with van der Waals surface area (Å²) in [7, 11) is 0. The van der Waals surface area contributed by atoms with Gasteiger partial charge >= 0.3 is 23.9 Å². The molecule has 0 saturated carbocycles. The number of carboxylic acid groups (broad SMARTS) is 4. The van der Waals surface area contributed by atoms with Gasteiger partial charge in [-0.05, 0) is 0 Å². The average Bonchev–Trinajstić information content (AvgIpc) is 2.24. The van der Waals surface area contributed by atoms with Crippen molar-refractivity contribution >= 4 is 23.9 Å². The number of carbonyl (C=O) groups is 4. The van der Waals surface area contributed by atoms with Crippen LogP contribution in [0.4, 0.5) is 0 Å². The lowest BCUT2D eigenvalue weighted by molar-refractivity contribution is -0.143. The van der Waals surface area contributed by atoms with Crippen LogP contribution in [0.1, 0.15) is 12.8 Å². The van der Waals surface area contributed by atoms with Crippen LogP contribution in [-0.4, -0.2) is 54.5 Å². The Morgan fingerprint density at radius 2 is 0.778 bits per heavy atom. The topological polar surface area (TPSA) is 190 Å². The van der Waals surface area contributed by atoms with Crippen LogP contribution >= 0.6 is 0 Å². The van der Waals surface area contributed by atoms with Gasteiger partial charge < -0.3 is 30.6 Å². The maximum Gasteiger partial charge on any atom is 0.375 e. The van der Waals surface area contributed by atoms with E-state index in [-0.39, 0.29) is 12.8 Å². The largest absolute Gasteiger partial charge is 0.499 e. The van der Waals surface area contributed by atoms with Crippen molar-refractivity contribution in [1.82, 2.24) is 0 Å². The molecule has 0 unspecified atom stereocenters. The molecule has 18 heavy (non-hydrogen) atoms. The third kappa shape index (κ3) is 9.76. The van der Waals surface area contributed by atoms with E-state index in [1.807, 2.05) is 0 Å². The van der Waals surface area contributed by atoms with Crippen LogP contribution in [0, 0.1) is 0 Å². The first-order chi connectivity index (χ1) is 8.09. The van der Waals surface area contributed by atoms with E-state index in [1.54, 1.807) is 0 Å². The van der Waals surface area contributed by atoms with Crippen LogP contribution in [-0.2, 0) is 19.2 Å². The molecule has 0 atom stereocenters. The van der Waals surface area contributed by atoms with E-state index >= 15 is 0 Å². The van der Waals surface area contributed by atoms with Crippen LogP contribution in [0.25, 0.3) is 0 Å². The highest BCUT2D eigenvalue weighted by Crippen LogP contribution is 1.96. The molecule has 0 aliphatic carbocycles. The van der Waals surface area contributed by atoms with Gasteiger partial charge in [0.1, 0.15) is 0 Å². The third-order valence-electron chi connectivity index (χ3n) is 1.18. The predicted molar refractivity (Wildman–Crippen MR) is 52.1 cm³/mol. The molecule has 10 nitrogen and oxygen atoms in total. The Labute approximate surface area is 99.0 Å². The Bertz CT molecular complexity index is 343. The summed E-state index contributed by atoms with van der Waals surface area (Å²) in [6.45, 7) is 0. The Morgan fingerprint density at radius 3 is 0.889 bits per heavy atom. The maximum atomic E-state index is 9.71. The Balaban J connectivity index is 0. The summed E-state index contributed by atoms with van der Waals surface area (Å²) in [5, 5.41) is 48.0. The van der Waals surface area contributed by atoms with Crippen LogP contribution in [0.5, 0.6) is 0 Å². The van der Waals surface area contributed by atoms with E-state index in [1.165, 1.54) is 0 Å². The lowest BCUT2D eigenvalue weighted by Crippen LogP contribution is -2.10. The van der Waals surface area contributed by atoms with Gasteiger partial charge in [-0.25, -0.2) is 9.59 Å². The summed E-state index contributed by atoms with van der Waals surface area (Å²) in [6.07, 6.45) is -0.593. The van der Waals surface area contributed by atoms with Gasteiger partial charge in [0, 0.05) is 0 Å². The smallest absolute Gasteiger partial charge is 0.375 e. The van der Waals surface area contributed by atoms with Crippen LogP contribution in [0.3, 0.4) is 0 Å². The minimum Gasteiger partial charge on any atom is -0.499 e. The molecule has 10 heteroatoms. The van der Waals surface area contributed by atoms with Crippen LogP contribution in [0.2, 0.25) is 0 Å². The minimum atomic E-state index is -1.89. The normalized spacial score (nSPS) is 10.4. The van der Waals surface area contributed by atoms with Gasteiger partial charge in [0.25, 0.3) is 11.5 Å². The molecule has 0 rings (SSSR count). The first-order valence-electron chi connectivity index (χ1n) is 4.12. The van der Waals surface area contributed by atoms with Crippen LogP contribution < -0.4 is 0 Å². The van der Waals surface area contributed by atoms with Gasteiger partial charge in [-0.3, -0.25) is 9.59 Å². The summed E-state index contributed by atoms with van der Waals surface area (Å²) in [5.41, 5.74) is 0. The molecule has 0 heterocycles. The van der Waals surface area contributed by atoms with Crippen molar-refractivity contribution < 1.29 is 49.8 Å². The van der Waals surface area contributed by atoms with Crippen molar-refractivity contribution in [3.05, 3.63) is 11.5 Å². The first kappa shape index (κ1) is 17.6. The highest BCUT2D eigenvalue weighted by molar-refractivity contribution is 5.95. The molecule has 0 aromatic carbocycles. The number of rotatable bonds is 5. The molecule has 0 saturated heterocycles. The standard InChI is InChI=1S/C4H4O6.C4H6O4/c5-1(3(7)8)2(6)4(9)10;5-3(6)1-2-4(7)8/h5-6H,(H,7,8)(H,9,10);1-2H2,(H,5,6)(H,7,8)/b2-1-;. The highest BCUT2D eigenvalue weighted by Gasteiger charge is 2.17. The number of hydrogen-bond donors (Lipinski definition) is 6. The molecular weight excluding hydrogens is 256 g/mol. The summed E-state index contributed by atoms with van der Waals surface area (Å²) >= 11 is 0. The Morgan fingerprint density at radius 1 is 0.556 bits per heavy atom. The lowest BCUT2D eigenvalue weighted by Gasteiger charge is -1.92. The molecule has 0 aliphatic heterocycles. The average molecular weight is 266 g/mol. The van der Waals surface area contributed by atoms with Crippen LogP contribution in [0.15, 0.2) is 11.5 Å². The van der Waals surface area contributed by atoms with E-state index < -0.39 is 35.4 Å². The molecular formula is C8H10O10.